The third-order valence-electron chi connectivity index (χ3n) is 6.68. The van der Waals surface area contributed by atoms with Gasteiger partial charge in [-0.05, 0) is 42.8 Å². The topological polar surface area (TPSA) is 58.0 Å². The zero-order valence-corrected chi connectivity index (χ0v) is 21.0. The third kappa shape index (κ3) is 5.09. The van der Waals surface area contributed by atoms with Crippen molar-refractivity contribution in [3.05, 3.63) is 72.3 Å². The van der Waals surface area contributed by atoms with Gasteiger partial charge in [-0.3, -0.25) is 9.69 Å². The highest BCUT2D eigenvalue weighted by Gasteiger charge is 2.26. The summed E-state index contributed by atoms with van der Waals surface area (Å²) in [4.78, 5) is 18.0. The maximum atomic E-state index is 13.2. The summed E-state index contributed by atoms with van der Waals surface area (Å²) in [6.45, 7) is 5.71. The summed E-state index contributed by atoms with van der Waals surface area (Å²) in [5, 5.41) is 5.30. The molecule has 1 saturated heterocycles. The molecule has 1 aromatic heterocycles. The summed E-state index contributed by atoms with van der Waals surface area (Å²) < 4.78 is 11.5. The largest absolute Gasteiger partial charge is 0.495 e. The highest BCUT2D eigenvalue weighted by Crippen LogP contribution is 2.30. The smallest absolute Gasteiger partial charge is 0.252 e. The first-order chi connectivity index (χ1) is 16.7. The fourth-order valence-corrected chi connectivity index (χ4v) is 4.89. The molecule has 3 aromatic carbocycles. The van der Waals surface area contributed by atoms with E-state index in [1.54, 1.807) is 7.11 Å². The van der Waals surface area contributed by atoms with Gasteiger partial charge in [0.1, 0.15) is 16.9 Å². The molecule has 184 valence electrons. The number of rotatable bonds is 7. The van der Waals surface area contributed by atoms with E-state index < -0.39 is 0 Å². The van der Waals surface area contributed by atoms with Crippen LogP contribution in [0.3, 0.4) is 0 Å². The van der Waals surface area contributed by atoms with Crippen LogP contribution in [-0.2, 0) is 0 Å². The van der Waals surface area contributed by atoms with Gasteiger partial charge in [-0.1, -0.05) is 43.7 Å². The van der Waals surface area contributed by atoms with Crippen LogP contribution in [0.25, 0.3) is 21.9 Å². The lowest BCUT2D eigenvalue weighted by atomic mass is 10.1. The summed E-state index contributed by atoms with van der Waals surface area (Å²) in [6, 6.07) is 21.8. The molecule has 1 atom stereocenters. The van der Waals surface area contributed by atoms with E-state index in [4.69, 9.17) is 9.15 Å². The van der Waals surface area contributed by atoms with Crippen LogP contribution >= 0.6 is 12.4 Å². The molecule has 5 rings (SSSR count). The van der Waals surface area contributed by atoms with Gasteiger partial charge in [0.05, 0.1) is 19.0 Å². The molecule has 1 aliphatic rings. The van der Waals surface area contributed by atoms with Gasteiger partial charge in [0.2, 0.25) is 0 Å². The molecule has 1 fully saturated rings. The summed E-state index contributed by atoms with van der Waals surface area (Å²) in [7, 11) is 1.71. The second-order valence-electron chi connectivity index (χ2n) is 8.78. The first kappa shape index (κ1) is 24.9. The van der Waals surface area contributed by atoms with E-state index in [1.165, 1.54) is 0 Å². The van der Waals surface area contributed by atoms with Crippen molar-refractivity contribution in [3.63, 3.8) is 0 Å². The number of piperazine rings is 1. The Bertz CT molecular complexity index is 1300. The van der Waals surface area contributed by atoms with Crippen molar-refractivity contribution in [2.45, 2.75) is 25.9 Å². The standard InChI is InChI=1S/C28H31N3O3.ClH/c1-3-8-27(31-17-15-30(16-18-31)23-10-5-7-12-26(23)33-2)29-28(32)20-13-14-25-22(19-20)21-9-4-6-11-24(21)34-25;/h4-7,9-14,19,27H,3,8,15-18H2,1-2H3,(H,29,32);1H. The first-order valence-corrected chi connectivity index (χ1v) is 12.0. The first-order valence-electron chi connectivity index (χ1n) is 12.0. The van der Waals surface area contributed by atoms with Gasteiger partial charge in [0, 0.05) is 42.5 Å². The van der Waals surface area contributed by atoms with Crippen molar-refractivity contribution in [2.75, 3.05) is 38.2 Å². The van der Waals surface area contributed by atoms with Gasteiger partial charge in [-0.2, -0.15) is 0 Å². The van der Waals surface area contributed by atoms with Gasteiger partial charge in [0.15, 0.2) is 0 Å². The number of hydrogen-bond donors (Lipinski definition) is 1. The SMILES string of the molecule is CCCC(NC(=O)c1ccc2oc3ccccc3c2c1)N1CCN(c2ccccc2OC)CC1.Cl. The predicted molar refractivity (Wildman–Crippen MR) is 144 cm³/mol. The summed E-state index contributed by atoms with van der Waals surface area (Å²) in [5.74, 6) is 0.856. The lowest BCUT2D eigenvalue weighted by molar-refractivity contribution is 0.0824. The Labute approximate surface area is 212 Å². The Balaban J connectivity index is 0.00000289. The Kier molecular flexibility index (Phi) is 7.83. The highest BCUT2D eigenvalue weighted by molar-refractivity contribution is 6.08. The van der Waals surface area contributed by atoms with Gasteiger partial charge < -0.3 is 19.4 Å². The van der Waals surface area contributed by atoms with Crippen molar-refractivity contribution in [2.24, 2.45) is 0 Å². The number of halogens is 1. The number of para-hydroxylation sites is 3. The fraction of sp³-hybridized carbons (Fsp3) is 0.321. The number of methoxy groups -OCH3 is 1. The lowest BCUT2D eigenvalue weighted by Crippen LogP contribution is -2.56. The number of fused-ring (bicyclic) bond motifs is 3. The van der Waals surface area contributed by atoms with Crippen molar-refractivity contribution >= 4 is 45.9 Å². The number of benzene rings is 3. The molecule has 0 spiro atoms. The number of carbonyl (C=O) groups is 1. The Hall–Kier alpha value is -3.22. The van der Waals surface area contributed by atoms with Gasteiger partial charge >= 0.3 is 0 Å². The van der Waals surface area contributed by atoms with Crippen LogP contribution in [0.5, 0.6) is 5.75 Å². The second-order valence-corrected chi connectivity index (χ2v) is 8.78. The summed E-state index contributed by atoms with van der Waals surface area (Å²) in [5.41, 5.74) is 3.43. The third-order valence-corrected chi connectivity index (χ3v) is 6.68. The van der Waals surface area contributed by atoms with Crippen LogP contribution in [0.15, 0.2) is 71.1 Å². The van der Waals surface area contributed by atoms with E-state index in [-0.39, 0.29) is 24.5 Å². The maximum Gasteiger partial charge on any atom is 0.252 e. The molecule has 4 aromatic rings. The molecule has 35 heavy (non-hydrogen) atoms. The van der Waals surface area contributed by atoms with Crippen molar-refractivity contribution in [1.82, 2.24) is 10.2 Å². The second kappa shape index (κ2) is 11.0. The van der Waals surface area contributed by atoms with Crippen molar-refractivity contribution in [3.8, 4) is 5.75 Å². The molecular weight excluding hydrogens is 462 g/mol. The van der Waals surface area contributed by atoms with Crippen molar-refractivity contribution in [1.29, 1.82) is 0 Å². The molecule has 1 unspecified atom stereocenters. The molecule has 2 heterocycles. The molecular formula is C28H32ClN3O3. The number of nitrogens with one attached hydrogen (secondary N) is 1. The van der Waals surface area contributed by atoms with Crippen LogP contribution in [0.4, 0.5) is 5.69 Å². The van der Waals surface area contributed by atoms with E-state index in [2.05, 4.69) is 28.1 Å². The van der Waals surface area contributed by atoms with Crippen LogP contribution in [0.1, 0.15) is 30.1 Å². The minimum atomic E-state index is -0.0437. The molecule has 6 nitrogen and oxygen atoms in total. The van der Waals surface area contributed by atoms with Gasteiger partial charge in [0.25, 0.3) is 5.91 Å². The van der Waals surface area contributed by atoms with Gasteiger partial charge in [-0.15, -0.1) is 12.4 Å². The Morgan fingerprint density at radius 3 is 2.46 bits per heavy atom. The Morgan fingerprint density at radius 1 is 0.971 bits per heavy atom. The molecule has 7 heteroatoms. The van der Waals surface area contributed by atoms with Gasteiger partial charge in [-0.25, -0.2) is 0 Å². The number of nitrogens with zero attached hydrogens (tertiary/aromatic N) is 2. The highest BCUT2D eigenvalue weighted by atomic mass is 35.5. The molecule has 0 bridgehead atoms. The molecule has 1 aliphatic heterocycles. The van der Waals surface area contributed by atoms with E-state index in [1.807, 2.05) is 60.7 Å². The summed E-state index contributed by atoms with van der Waals surface area (Å²) >= 11 is 0. The minimum Gasteiger partial charge on any atom is -0.495 e. The van der Waals surface area contributed by atoms with E-state index in [0.717, 1.165) is 72.4 Å². The predicted octanol–water partition coefficient (Wildman–Crippen LogP) is 5.69. The number of hydrogen-bond acceptors (Lipinski definition) is 5. The Morgan fingerprint density at radius 2 is 1.69 bits per heavy atom. The van der Waals surface area contributed by atoms with Crippen molar-refractivity contribution < 1.29 is 13.9 Å². The zero-order valence-electron chi connectivity index (χ0n) is 20.2. The van der Waals surface area contributed by atoms with Crippen LogP contribution in [0.2, 0.25) is 0 Å². The average molecular weight is 494 g/mol. The molecule has 0 saturated carbocycles. The van der Waals surface area contributed by atoms with Crippen LogP contribution < -0.4 is 15.0 Å². The number of furan rings is 1. The fourth-order valence-electron chi connectivity index (χ4n) is 4.89. The zero-order chi connectivity index (χ0) is 23.5. The average Bonchev–Trinajstić information content (AvgIpc) is 3.26. The number of anilines is 1. The van der Waals surface area contributed by atoms with E-state index in [9.17, 15) is 4.79 Å². The quantitative estimate of drug-likeness (QED) is 0.358. The van der Waals surface area contributed by atoms with Crippen LogP contribution in [-0.4, -0.2) is 50.3 Å². The number of ether oxygens (including phenoxy) is 1. The minimum absolute atomic E-state index is 0. The monoisotopic (exact) mass is 493 g/mol. The van der Waals surface area contributed by atoms with E-state index in [0.29, 0.717) is 5.56 Å². The molecule has 0 aliphatic carbocycles. The maximum absolute atomic E-state index is 13.2. The molecule has 1 amide bonds. The summed E-state index contributed by atoms with van der Waals surface area (Å²) in [6.07, 6.45) is 1.93. The van der Waals surface area contributed by atoms with E-state index >= 15 is 0 Å². The van der Waals surface area contributed by atoms with Crippen LogP contribution in [0, 0.1) is 0 Å². The lowest BCUT2D eigenvalue weighted by Gasteiger charge is -2.40. The number of carbonyl (C=O) groups excluding carboxylic acids is 1. The molecule has 1 N–H and O–H groups in total. The normalized spacial score (nSPS) is 15.1. The number of amides is 1. The molecule has 0 radical (unpaired) electrons.